The Labute approximate surface area is 178 Å². The monoisotopic (exact) mass is 430 g/mol. The number of aromatic nitrogens is 2. The zero-order valence-electron chi connectivity index (χ0n) is 16.2. The minimum Gasteiger partial charge on any atom is -0.496 e. The number of hydrogen-bond acceptors (Lipinski definition) is 6. The van der Waals surface area contributed by atoms with E-state index in [1.54, 1.807) is 19.2 Å². The molecular weight excluding hydrogens is 408 g/mol. The molecule has 2 N–H and O–H groups in total. The van der Waals surface area contributed by atoms with E-state index < -0.39 is 0 Å². The number of carbonyl (C=O) groups is 1. The predicted octanol–water partition coefficient (Wildman–Crippen LogP) is 4.37. The van der Waals surface area contributed by atoms with Crippen molar-refractivity contribution in [2.75, 3.05) is 25.5 Å². The number of nitrogens with one attached hydrogen (secondary N) is 2. The number of piperidine rings is 1. The maximum absolute atomic E-state index is 13.3. The molecule has 0 radical (unpaired) electrons. The fourth-order valence-corrected chi connectivity index (χ4v) is 4.57. The van der Waals surface area contributed by atoms with Gasteiger partial charge in [0.2, 0.25) is 0 Å². The van der Waals surface area contributed by atoms with Gasteiger partial charge >= 0.3 is 0 Å². The number of benzene rings is 1. The summed E-state index contributed by atoms with van der Waals surface area (Å²) >= 11 is 7.56. The number of halogens is 1. The first kappa shape index (κ1) is 19.9. The summed E-state index contributed by atoms with van der Waals surface area (Å²) < 4.78 is 7.58. The number of thiophene rings is 1. The second kappa shape index (κ2) is 8.98. The fourth-order valence-electron chi connectivity index (χ4n) is 3.54. The van der Waals surface area contributed by atoms with E-state index in [9.17, 15) is 4.79 Å². The average molecular weight is 431 g/mol. The molecule has 8 heteroatoms. The molecule has 6 nitrogen and oxygen atoms in total. The molecule has 4 rings (SSSR count). The number of ether oxygens (including phenoxy) is 1. The SMILES string of the molecule is COc1ccccc1C(=O)n1nc(C2CCCNC2)cc1NCc1ccc(Cl)s1. The zero-order valence-corrected chi connectivity index (χ0v) is 17.7. The van der Waals surface area contributed by atoms with Gasteiger partial charge in [-0.15, -0.1) is 11.3 Å². The molecule has 29 heavy (non-hydrogen) atoms. The number of carbonyl (C=O) groups excluding carboxylic acids is 1. The quantitative estimate of drug-likeness (QED) is 0.607. The Hall–Kier alpha value is -2.35. The fraction of sp³-hybridized carbons (Fsp3) is 0.333. The van der Waals surface area contributed by atoms with Crippen molar-refractivity contribution in [3.63, 3.8) is 0 Å². The largest absolute Gasteiger partial charge is 0.496 e. The van der Waals surface area contributed by atoms with Crippen molar-refractivity contribution in [3.05, 3.63) is 62.9 Å². The van der Waals surface area contributed by atoms with Gasteiger partial charge in [-0.1, -0.05) is 23.7 Å². The van der Waals surface area contributed by atoms with Gasteiger partial charge in [-0.25, -0.2) is 0 Å². The van der Waals surface area contributed by atoms with Crippen molar-refractivity contribution in [2.24, 2.45) is 0 Å². The third kappa shape index (κ3) is 4.47. The molecule has 152 valence electrons. The summed E-state index contributed by atoms with van der Waals surface area (Å²) in [4.78, 5) is 14.4. The number of methoxy groups -OCH3 is 1. The molecule has 0 bridgehead atoms. The van der Waals surface area contributed by atoms with Crippen LogP contribution >= 0.6 is 22.9 Å². The van der Waals surface area contributed by atoms with Gasteiger partial charge in [-0.3, -0.25) is 4.79 Å². The van der Waals surface area contributed by atoms with Crippen molar-refractivity contribution >= 4 is 34.7 Å². The van der Waals surface area contributed by atoms with Crippen LogP contribution in [0.15, 0.2) is 42.5 Å². The van der Waals surface area contributed by atoms with Crippen LogP contribution in [0.2, 0.25) is 4.34 Å². The molecule has 3 heterocycles. The van der Waals surface area contributed by atoms with E-state index in [0.717, 1.165) is 40.8 Å². The minimum absolute atomic E-state index is 0.218. The summed E-state index contributed by atoms with van der Waals surface area (Å²) in [5.41, 5.74) is 1.40. The molecule has 1 aliphatic heterocycles. The molecule has 0 amide bonds. The Bertz CT molecular complexity index is 994. The van der Waals surface area contributed by atoms with E-state index in [-0.39, 0.29) is 5.91 Å². The average Bonchev–Trinajstić information content (AvgIpc) is 3.38. The van der Waals surface area contributed by atoms with Crippen LogP contribution in [0.3, 0.4) is 0 Å². The highest BCUT2D eigenvalue weighted by atomic mass is 35.5. The van der Waals surface area contributed by atoms with Crippen molar-refractivity contribution in [1.82, 2.24) is 15.1 Å². The summed E-state index contributed by atoms with van der Waals surface area (Å²) in [6, 6.07) is 13.1. The number of para-hydroxylation sites is 1. The molecule has 0 spiro atoms. The molecule has 1 atom stereocenters. The Kier molecular flexibility index (Phi) is 6.18. The molecule has 1 fully saturated rings. The standard InChI is InChI=1S/C21H23ClN4O2S/c1-28-18-7-3-2-6-16(18)21(27)26-20(24-13-15-8-9-19(22)29-15)11-17(25-26)14-5-4-10-23-12-14/h2-3,6-9,11,14,23-24H,4-5,10,12-13H2,1H3. The predicted molar refractivity (Wildman–Crippen MR) is 116 cm³/mol. The van der Waals surface area contributed by atoms with Crippen LogP contribution in [-0.4, -0.2) is 35.9 Å². The molecule has 1 unspecified atom stereocenters. The lowest BCUT2D eigenvalue weighted by molar-refractivity contribution is 0.0943. The van der Waals surface area contributed by atoms with Gasteiger partial charge < -0.3 is 15.4 Å². The summed E-state index contributed by atoms with van der Waals surface area (Å²) in [5, 5.41) is 11.5. The number of nitrogens with zero attached hydrogens (tertiary/aromatic N) is 2. The van der Waals surface area contributed by atoms with Gasteiger partial charge in [-0.2, -0.15) is 9.78 Å². The molecule has 1 aliphatic rings. The topological polar surface area (TPSA) is 68.2 Å². The molecule has 1 saturated heterocycles. The first-order chi connectivity index (χ1) is 14.2. The van der Waals surface area contributed by atoms with Crippen molar-refractivity contribution in [2.45, 2.75) is 25.3 Å². The summed E-state index contributed by atoms with van der Waals surface area (Å²) in [6.07, 6.45) is 2.17. The van der Waals surface area contributed by atoms with Crippen molar-refractivity contribution in [3.8, 4) is 5.75 Å². The van der Waals surface area contributed by atoms with Gasteiger partial charge in [0, 0.05) is 23.4 Å². The van der Waals surface area contributed by atoms with E-state index in [1.165, 1.54) is 16.0 Å². The second-order valence-corrected chi connectivity index (χ2v) is 8.77. The molecule has 3 aromatic rings. The van der Waals surface area contributed by atoms with Crippen LogP contribution in [0.25, 0.3) is 0 Å². The highest BCUT2D eigenvalue weighted by Gasteiger charge is 2.24. The maximum atomic E-state index is 13.3. The first-order valence-corrected chi connectivity index (χ1v) is 10.8. The third-order valence-electron chi connectivity index (χ3n) is 5.05. The van der Waals surface area contributed by atoms with Gasteiger partial charge in [0.15, 0.2) is 0 Å². The first-order valence-electron chi connectivity index (χ1n) is 9.62. The van der Waals surface area contributed by atoms with E-state index in [1.807, 2.05) is 30.3 Å². The minimum atomic E-state index is -0.218. The highest BCUT2D eigenvalue weighted by Crippen LogP contribution is 2.28. The molecular formula is C21H23ClN4O2S. The Morgan fingerprint density at radius 3 is 2.97 bits per heavy atom. The van der Waals surface area contributed by atoms with Crippen LogP contribution in [0.5, 0.6) is 5.75 Å². The van der Waals surface area contributed by atoms with Crippen molar-refractivity contribution < 1.29 is 9.53 Å². The van der Waals surface area contributed by atoms with Gasteiger partial charge in [0.05, 0.1) is 29.2 Å². The highest BCUT2D eigenvalue weighted by molar-refractivity contribution is 7.16. The van der Waals surface area contributed by atoms with Gasteiger partial charge in [0.25, 0.3) is 5.91 Å². The van der Waals surface area contributed by atoms with Crippen LogP contribution in [0.1, 0.15) is 39.7 Å². The Morgan fingerprint density at radius 2 is 2.24 bits per heavy atom. The maximum Gasteiger partial charge on any atom is 0.283 e. The molecule has 2 aromatic heterocycles. The lowest BCUT2D eigenvalue weighted by Crippen LogP contribution is -2.28. The lowest BCUT2D eigenvalue weighted by atomic mass is 9.96. The van der Waals surface area contributed by atoms with Crippen LogP contribution < -0.4 is 15.4 Å². The molecule has 0 saturated carbocycles. The summed E-state index contributed by atoms with van der Waals surface area (Å²) in [5.74, 6) is 1.28. The molecule has 1 aromatic carbocycles. The number of hydrogen-bond donors (Lipinski definition) is 2. The number of rotatable bonds is 6. The van der Waals surface area contributed by atoms with Crippen LogP contribution in [0.4, 0.5) is 5.82 Å². The Morgan fingerprint density at radius 1 is 1.38 bits per heavy atom. The summed E-state index contributed by atoms with van der Waals surface area (Å²) in [7, 11) is 1.56. The van der Waals surface area contributed by atoms with Crippen LogP contribution in [0, 0.1) is 0 Å². The lowest BCUT2D eigenvalue weighted by Gasteiger charge is -2.20. The smallest absolute Gasteiger partial charge is 0.283 e. The van der Waals surface area contributed by atoms with E-state index >= 15 is 0 Å². The second-order valence-electron chi connectivity index (χ2n) is 6.97. The van der Waals surface area contributed by atoms with Crippen molar-refractivity contribution in [1.29, 1.82) is 0 Å². The number of anilines is 1. The van der Waals surface area contributed by atoms with E-state index in [2.05, 4.69) is 15.7 Å². The van der Waals surface area contributed by atoms with E-state index in [0.29, 0.717) is 29.6 Å². The Balaban J connectivity index is 1.65. The van der Waals surface area contributed by atoms with Crippen LogP contribution in [-0.2, 0) is 6.54 Å². The molecule has 0 aliphatic carbocycles. The van der Waals surface area contributed by atoms with Gasteiger partial charge in [0.1, 0.15) is 11.6 Å². The van der Waals surface area contributed by atoms with Gasteiger partial charge in [-0.05, 0) is 43.7 Å². The normalized spacial score (nSPS) is 16.6. The third-order valence-corrected chi connectivity index (χ3v) is 6.28. The van der Waals surface area contributed by atoms with E-state index in [4.69, 9.17) is 16.3 Å². The zero-order chi connectivity index (χ0) is 20.2. The summed E-state index contributed by atoms with van der Waals surface area (Å²) in [6.45, 7) is 2.48.